The molecule has 2 aromatic heterocycles. The van der Waals surface area contributed by atoms with Crippen molar-refractivity contribution in [2.45, 2.75) is 71.9 Å². The molecular formula is C30H39N7O. The molecule has 0 bridgehead atoms. The molecule has 0 atom stereocenters. The average Bonchev–Trinajstić information content (AvgIpc) is 3.67. The van der Waals surface area contributed by atoms with Crippen molar-refractivity contribution in [3.8, 4) is 0 Å². The Balaban J connectivity index is 1.38. The van der Waals surface area contributed by atoms with Crippen LogP contribution >= 0.6 is 0 Å². The van der Waals surface area contributed by atoms with Crippen LogP contribution in [-0.2, 0) is 18.4 Å². The quantitative estimate of drug-likeness (QED) is 0.363. The summed E-state index contributed by atoms with van der Waals surface area (Å²) < 4.78 is 0. The molecule has 2 aliphatic rings. The van der Waals surface area contributed by atoms with E-state index >= 15 is 0 Å². The van der Waals surface area contributed by atoms with Gasteiger partial charge in [0.15, 0.2) is 0 Å². The second-order valence-electron chi connectivity index (χ2n) is 11.9. The fourth-order valence-electron chi connectivity index (χ4n) is 4.74. The second kappa shape index (κ2) is 10.7. The van der Waals surface area contributed by atoms with Gasteiger partial charge in [0.1, 0.15) is 11.4 Å². The molecule has 3 heterocycles. The number of fused-ring (bicyclic) bond motifs is 1. The maximum absolute atomic E-state index is 13.0. The molecule has 1 aromatic carbocycles. The van der Waals surface area contributed by atoms with E-state index in [4.69, 9.17) is 4.98 Å². The minimum absolute atomic E-state index is 0.00253. The molecule has 5 rings (SSSR count). The van der Waals surface area contributed by atoms with Gasteiger partial charge in [-0.15, -0.1) is 0 Å². The normalized spacial score (nSPS) is 15.7. The van der Waals surface area contributed by atoms with Crippen LogP contribution in [-0.4, -0.2) is 44.9 Å². The van der Waals surface area contributed by atoms with Crippen LogP contribution in [0, 0.1) is 5.92 Å². The van der Waals surface area contributed by atoms with Gasteiger partial charge >= 0.3 is 0 Å². The van der Waals surface area contributed by atoms with Gasteiger partial charge in [-0.3, -0.25) is 14.7 Å². The molecule has 38 heavy (non-hydrogen) atoms. The maximum Gasteiger partial charge on any atom is 0.256 e. The molecule has 8 heteroatoms. The Morgan fingerprint density at radius 1 is 1.05 bits per heavy atom. The number of rotatable bonds is 8. The summed E-state index contributed by atoms with van der Waals surface area (Å²) in [6.45, 7) is 13.6. The zero-order chi connectivity index (χ0) is 26.9. The van der Waals surface area contributed by atoms with E-state index in [1.807, 2.05) is 26.0 Å². The third kappa shape index (κ3) is 6.48. The van der Waals surface area contributed by atoms with Crippen LogP contribution in [0.5, 0.6) is 0 Å². The number of carbonyl (C=O) groups excluding carboxylic acids is 1. The number of nitrogens with one attached hydrogen (secondary N) is 3. The lowest BCUT2D eigenvalue weighted by Gasteiger charge is -2.29. The fraction of sp³-hybridized carbons (Fsp3) is 0.467. The molecule has 3 N–H and O–H groups in total. The summed E-state index contributed by atoms with van der Waals surface area (Å²) in [6, 6.07) is 10.4. The number of anilines is 4. The number of carbonyl (C=O) groups is 1. The van der Waals surface area contributed by atoms with E-state index in [1.165, 1.54) is 30.5 Å². The van der Waals surface area contributed by atoms with E-state index in [2.05, 4.69) is 69.8 Å². The molecule has 3 aromatic rings. The molecule has 0 unspecified atom stereocenters. The Kier molecular flexibility index (Phi) is 7.34. The largest absolute Gasteiger partial charge is 0.350 e. The first-order valence-corrected chi connectivity index (χ1v) is 13.7. The molecule has 1 saturated carbocycles. The number of hydrogen-bond acceptors (Lipinski definition) is 7. The Bertz CT molecular complexity index is 1310. The third-order valence-corrected chi connectivity index (χ3v) is 7.01. The molecule has 1 fully saturated rings. The van der Waals surface area contributed by atoms with Gasteiger partial charge in [0.25, 0.3) is 5.91 Å². The van der Waals surface area contributed by atoms with Crippen molar-refractivity contribution in [3.05, 3.63) is 65.1 Å². The van der Waals surface area contributed by atoms with Crippen LogP contribution in [0.15, 0.2) is 42.7 Å². The van der Waals surface area contributed by atoms with Crippen molar-refractivity contribution in [1.29, 1.82) is 0 Å². The number of benzene rings is 1. The Labute approximate surface area is 225 Å². The number of pyridine rings is 1. The van der Waals surface area contributed by atoms with Crippen molar-refractivity contribution in [2.24, 2.45) is 5.92 Å². The molecular weight excluding hydrogens is 474 g/mol. The van der Waals surface area contributed by atoms with Gasteiger partial charge in [0.05, 0.1) is 0 Å². The average molecular weight is 514 g/mol. The molecule has 8 nitrogen and oxygen atoms in total. The van der Waals surface area contributed by atoms with Crippen LogP contribution < -0.4 is 16.0 Å². The van der Waals surface area contributed by atoms with Gasteiger partial charge in [0.2, 0.25) is 5.95 Å². The van der Waals surface area contributed by atoms with E-state index < -0.39 is 0 Å². The number of amides is 1. The molecule has 1 amide bonds. The summed E-state index contributed by atoms with van der Waals surface area (Å²) in [5.41, 5.74) is 5.78. The number of aromatic nitrogens is 3. The lowest BCUT2D eigenvalue weighted by molar-refractivity contribution is 0.0943. The van der Waals surface area contributed by atoms with E-state index in [0.29, 0.717) is 17.3 Å². The van der Waals surface area contributed by atoms with Crippen LogP contribution in [0.25, 0.3) is 0 Å². The highest BCUT2D eigenvalue weighted by molar-refractivity contribution is 5.99. The van der Waals surface area contributed by atoms with Crippen molar-refractivity contribution < 1.29 is 4.79 Å². The summed E-state index contributed by atoms with van der Waals surface area (Å²) >= 11 is 0. The molecule has 0 radical (unpaired) electrons. The maximum atomic E-state index is 13.0. The topological polar surface area (TPSA) is 95.1 Å². The monoisotopic (exact) mass is 513 g/mol. The lowest BCUT2D eigenvalue weighted by Crippen LogP contribution is -2.32. The first-order chi connectivity index (χ1) is 18.1. The highest BCUT2D eigenvalue weighted by Crippen LogP contribution is 2.32. The lowest BCUT2D eigenvalue weighted by atomic mass is 9.91. The summed E-state index contributed by atoms with van der Waals surface area (Å²) in [6.07, 6.45) is 7.18. The third-order valence-electron chi connectivity index (χ3n) is 7.01. The van der Waals surface area contributed by atoms with Crippen molar-refractivity contribution in [1.82, 2.24) is 25.2 Å². The summed E-state index contributed by atoms with van der Waals surface area (Å²) in [5.74, 6) is 1.57. The van der Waals surface area contributed by atoms with Crippen molar-refractivity contribution in [3.63, 3.8) is 0 Å². The molecule has 0 spiro atoms. The first kappa shape index (κ1) is 26.1. The van der Waals surface area contributed by atoms with Crippen LogP contribution in [0.1, 0.15) is 74.6 Å². The Morgan fingerprint density at radius 3 is 2.58 bits per heavy atom. The highest BCUT2D eigenvalue weighted by Gasteiger charge is 2.26. The summed E-state index contributed by atoms with van der Waals surface area (Å²) in [7, 11) is 0. The zero-order valence-corrected chi connectivity index (χ0v) is 23.1. The van der Waals surface area contributed by atoms with E-state index in [-0.39, 0.29) is 17.4 Å². The van der Waals surface area contributed by atoms with Crippen molar-refractivity contribution in [2.75, 3.05) is 23.7 Å². The van der Waals surface area contributed by atoms with Crippen molar-refractivity contribution >= 4 is 29.0 Å². The van der Waals surface area contributed by atoms with Gasteiger partial charge in [-0.25, -0.2) is 4.98 Å². The smallest absolute Gasteiger partial charge is 0.256 e. The predicted molar refractivity (Wildman–Crippen MR) is 152 cm³/mol. The van der Waals surface area contributed by atoms with Gasteiger partial charge < -0.3 is 16.0 Å². The summed E-state index contributed by atoms with van der Waals surface area (Å²) in [5, 5.41) is 9.65. The van der Waals surface area contributed by atoms with E-state index in [1.54, 1.807) is 12.4 Å². The minimum Gasteiger partial charge on any atom is -0.350 e. The molecule has 0 saturated heterocycles. The number of nitrogens with zero attached hydrogens (tertiary/aromatic N) is 4. The first-order valence-electron chi connectivity index (χ1n) is 13.7. The SMILES string of the molecule is CC(C)NC(=O)c1cnc(Nc2ccc3c(c2)CCN(CC2CC2)C3)nc1Nc1ccnc(C(C)(C)C)c1. The van der Waals surface area contributed by atoms with E-state index in [9.17, 15) is 4.79 Å². The highest BCUT2D eigenvalue weighted by atomic mass is 16.1. The number of hydrogen-bond donors (Lipinski definition) is 3. The van der Waals surface area contributed by atoms with Crippen LogP contribution in [0.3, 0.4) is 0 Å². The predicted octanol–water partition coefficient (Wildman–Crippen LogP) is 5.56. The van der Waals surface area contributed by atoms with Crippen LogP contribution in [0.4, 0.5) is 23.1 Å². The van der Waals surface area contributed by atoms with Crippen LogP contribution in [0.2, 0.25) is 0 Å². The fourth-order valence-corrected chi connectivity index (χ4v) is 4.74. The standard InChI is InChI=1S/C30H39N7O/c1-19(2)33-28(38)25-16-32-29(36-27(25)34-24-10-12-31-26(15-24)30(3,4)5)35-23-9-8-22-18-37(17-20-6-7-20)13-11-21(22)14-23/h8-10,12,14-16,19-20H,6-7,11,13,17-18H2,1-5H3,(H,33,38)(H2,31,32,34,35,36). The second-order valence-corrected chi connectivity index (χ2v) is 11.9. The van der Waals surface area contributed by atoms with Gasteiger partial charge in [-0.1, -0.05) is 26.8 Å². The summed E-state index contributed by atoms with van der Waals surface area (Å²) in [4.78, 5) is 29.3. The van der Waals surface area contributed by atoms with Gasteiger partial charge in [-0.05, 0) is 74.4 Å². The van der Waals surface area contributed by atoms with Gasteiger partial charge in [0, 0.05) is 60.6 Å². The Morgan fingerprint density at radius 2 is 1.84 bits per heavy atom. The van der Waals surface area contributed by atoms with Gasteiger partial charge in [-0.2, -0.15) is 4.98 Å². The Hall–Kier alpha value is -3.52. The molecule has 1 aliphatic carbocycles. The molecule has 200 valence electrons. The minimum atomic E-state index is -0.219. The van der Waals surface area contributed by atoms with E-state index in [0.717, 1.165) is 42.5 Å². The molecule has 1 aliphatic heterocycles. The zero-order valence-electron chi connectivity index (χ0n) is 23.1.